The number of unbranched alkanes of at least 4 members (excludes halogenated alkanes) is 1. The van der Waals surface area contributed by atoms with Crippen LogP contribution in [-0.4, -0.2) is 226 Å². The Balaban J connectivity index is 0.747. The van der Waals surface area contributed by atoms with E-state index in [9.17, 15) is 34.2 Å². The molecule has 22 atom stereocenters. The van der Waals surface area contributed by atoms with Crippen molar-refractivity contribution in [3.05, 3.63) is 126 Å². The van der Waals surface area contributed by atoms with Crippen LogP contribution in [0.1, 0.15) is 201 Å². The summed E-state index contributed by atoms with van der Waals surface area (Å²) in [5, 5.41) is 52.0. The van der Waals surface area contributed by atoms with E-state index in [1.54, 1.807) is 37.1 Å². The molecule has 0 aromatic heterocycles. The van der Waals surface area contributed by atoms with E-state index >= 15 is 33.6 Å². The van der Waals surface area contributed by atoms with Gasteiger partial charge >= 0.3 is 6.09 Å². The number of piperidine rings is 1. The highest BCUT2D eigenvalue weighted by Crippen LogP contribution is 2.68. The highest BCUT2D eigenvalue weighted by atomic mass is 33.1. The van der Waals surface area contributed by atoms with Gasteiger partial charge in [-0.2, -0.15) is 0 Å². The van der Waals surface area contributed by atoms with Crippen LogP contribution < -0.4 is 58.9 Å². The number of primary amides is 1. The number of alkyl carbamates (subject to hydrolysis) is 1. The molecule has 4 saturated heterocycles. The minimum absolute atomic E-state index is 0.0636. The molecule has 31 heteroatoms. The molecule has 3 aromatic rings. The monoisotopic (exact) mass is 1840 g/mol. The summed E-state index contributed by atoms with van der Waals surface area (Å²) in [5.41, 5.74) is 9.51. The van der Waals surface area contributed by atoms with Crippen molar-refractivity contribution in [1.82, 2.24) is 67.9 Å². The van der Waals surface area contributed by atoms with Gasteiger partial charge in [0.15, 0.2) is 0 Å². The second-order valence-electron chi connectivity index (χ2n) is 40.4. The minimum atomic E-state index is -1.64. The van der Waals surface area contributed by atoms with Crippen LogP contribution in [0.25, 0.3) is 10.8 Å². The molecule has 13 rings (SSSR count). The Hall–Kier alpha value is -9.46. The standard InChI is InChI=1S/C100H142N14O15S2/c1-58(2)20-16-21-60(5)73-38-39-74-72-37-34-69-49-64(40-42-99(69,7)75(72)41-43-100(73,74)8)55-129-98(128)102-44-15-14-27-77-88(118)110-85(59(3)4)95(125)109-82(93(123)111-86(61(6)115)87(101)117)57-131-130-56-81(92(122)105-78(50-62-31-35-70(116)36-32-62)89(119)106-80(91(121)104-77)52-68-53-103-76-26-13-12-25-71(68)76)108-90(120)79(51-63-30-33-65-22-10-11-23-66(65)48-63)107-94(124)83-28-18-46-113(83)97(127)84-29-19-47-114(84)96(126)67-24-17-45-112(9)54-67/h10-13,22-23,25-26,30-36,48,53,58-61,64,67,71-86,103,115-116H,14-21,24,27-29,37-47,49-52,54-57H2,1-9H3,(H2,101,117)(H,102,128)(H,104,121)(H,105,122)(H,106,119)(H,107,124)(H,108,120)(H,109,125)(H,110,118)(H,111,123). The number of phenolic OH excluding ortho intramolecular Hbond substituents is 1. The number of aliphatic hydroxyl groups excluding tert-OH is 1. The highest BCUT2D eigenvalue weighted by Gasteiger charge is 2.60. The number of aliphatic hydroxyl groups is 1. The van der Waals surface area contributed by atoms with Crippen molar-refractivity contribution in [2.24, 2.45) is 75.7 Å². The van der Waals surface area contributed by atoms with Crippen LogP contribution in [0.15, 0.2) is 114 Å². The lowest BCUT2D eigenvalue weighted by molar-refractivity contribution is -0.149. The third-order valence-electron chi connectivity index (χ3n) is 30.5. The number of nitrogens with two attached hydrogens (primary N) is 1. The topological polar surface area (TPSA) is 411 Å². The maximum Gasteiger partial charge on any atom is 0.407 e. The fourth-order valence-electron chi connectivity index (χ4n) is 23.1. The number of carbonyl (C=O) groups excluding carboxylic acids is 12. The smallest absolute Gasteiger partial charge is 0.407 e. The number of aromatic hydroxyl groups is 1. The second-order valence-corrected chi connectivity index (χ2v) is 42.9. The van der Waals surface area contributed by atoms with Crippen molar-refractivity contribution in [2.75, 3.05) is 57.9 Å². The largest absolute Gasteiger partial charge is 0.508 e. The van der Waals surface area contributed by atoms with Gasteiger partial charge in [-0.25, -0.2) is 4.79 Å². The molecule has 10 aliphatic rings. The van der Waals surface area contributed by atoms with Crippen LogP contribution in [0.2, 0.25) is 0 Å². The molecule has 0 bridgehead atoms. The number of carbonyl (C=O) groups is 12. The molecule has 3 saturated carbocycles. The molecule has 22 unspecified atom stereocenters. The molecular formula is C100H142N14O15S2. The predicted octanol–water partition coefficient (Wildman–Crippen LogP) is 8.99. The molecule has 14 N–H and O–H groups in total. The Labute approximate surface area is 779 Å². The lowest BCUT2D eigenvalue weighted by Crippen LogP contribution is -2.62. The zero-order chi connectivity index (χ0) is 93.5. The van der Waals surface area contributed by atoms with Crippen molar-refractivity contribution >= 4 is 103 Å². The molecule has 0 spiro atoms. The van der Waals surface area contributed by atoms with Crippen LogP contribution in [0.5, 0.6) is 5.75 Å². The number of fused-ring (bicyclic) bond motifs is 7. The average molecular weight is 1840 g/mol. The molecule has 5 heterocycles. The Morgan fingerprint density at radius 2 is 1.35 bits per heavy atom. The molecular weight excluding hydrogens is 1700 g/mol. The molecule has 714 valence electrons. The number of hydrogen-bond acceptors (Lipinski definition) is 19. The van der Waals surface area contributed by atoms with Crippen molar-refractivity contribution in [1.29, 1.82) is 0 Å². The van der Waals surface area contributed by atoms with E-state index in [1.165, 1.54) is 74.5 Å². The second kappa shape index (κ2) is 45.0. The molecule has 5 aliphatic heterocycles. The van der Waals surface area contributed by atoms with Crippen LogP contribution >= 0.6 is 21.6 Å². The van der Waals surface area contributed by atoms with Crippen molar-refractivity contribution in [3.63, 3.8) is 0 Å². The first-order valence-electron chi connectivity index (χ1n) is 48.3. The number of benzene rings is 3. The molecule has 7 fully saturated rings. The Bertz CT molecular complexity index is 4740. The van der Waals surface area contributed by atoms with E-state index in [1.807, 2.05) is 73.8 Å². The highest BCUT2D eigenvalue weighted by molar-refractivity contribution is 8.76. The first-order chi connectivity index (χ1) is 62.7. The summed E-state index contributed by atoms with van der Waals surface area (Å²) in [4.78, 5) is 184. The normalized spacial score (nSPS) is 30.6. The van der Waals surface area contributed by atoms with Crippen molar-refractivity contribution in [3.8, 4) is 5.75 Å². The minimum Gasteiger partial charge on any atom is -0.508 e. The Kier molecular flexibility index (Phi) is 34.1. The van der Waals surface area contributed by atoms with Crippen molar-refractivity contribution < 1.29 is 72.5 Å². The molecule has 5 aliphatic carbocycles. The van der Waals surface area contributed by atoms with Gasteiger partial charge in [0, 0.05) is 56.4 Å². The summed E-state index contributed by atoms with van der Waals surface area (Å²) in [6.45, 7) is 19.4. The van der Waals surface area contributed by atoms with Crippen LogP contribution in [0.4, 0.5) is 4.79 Å². The molecule has 0 radical (unpaired) electrons. The third-order valence-corrected chi connectivity index (χ3v) is 32.9. The number of nitrogens with one attached hydrogen (secondary N) is 10. The summed E-state index contributed by atoms with van der Waals surface area (Å²) < 4.78 is 5.98. The van der Waals surface area contributed by atoms with E-state index in [0.717, 1.165) is 94.7 Å². The quantitative estimate of drug-likeness (QED) is 0.0175. The maximum absolute atomic E-state index is 15.8. The summed E-state index contributed by atoms with van der Waals surface area (Å²) in [6.07, 6.45) is 26.3. The summed E-state index contributed by atoms with van der Waals surface area (Å²) in [5.74, 6) is -5.79. The number of allylic oxidation sites excluding steroid dienone is 4. The number of ether oxygens (including phenoxy) is 1. The molecule has 131 heavy (non-hydrogen) atoms. The van der Waals surface area contributed by atoms with E-state index in [2.05, 4.69) is 98.8 Å². The molecule has 3 aromatic carbocycles. The van der Waals surface area contributed by atoms with E-state index in [-0.39, 0.29) is 117 Å². The van der Waals surface area contributed by atoms with Crippen LogP contribution in [0, 0.1) is 70.0 Å². The number of rotatable bonds is 29. The number of phenols is 1. The zero-order valence-corrected chi connectivity index (χ0v) is 79.5. The summed E-state index contributed by atoms with van der Waals surface area (Å²) in [7, 11) is 3.90. The third kappa shape index (κ3) is 24.6. The summed E-state index contributed by atoms with van der Waals surface area (Å²) in [6, 6.07) is 4.92. The Morgan fingerprint density at radius 3 is 2.08 bits per heavy atom. The number of hydrogen-bond donors (Lipinski definition) is 13. The van der Waals surface area contributed by atoms with Crippen LogP contribution in [-0.2, 0) is 70.3 Å². The van der Waals surface area contributed by atoms with E-state index in [0.29, 0.717) is 79.1 Å². The van der Waals surface area contributed by atoms with E-state index < -0.39 is 132 Å². The fraction of sp³-hybridized carbons (Fsp3) is 0.640. The molecule has 12 amide bonds. The number of nitrogens with zero attached hydrogens (tertiary/aromatic N) is 3. The summed E-state index contributed by atoms with van der Waals surface area (Å²) >= 11 is 0. The predicted molar refractivity (Wildman–Crippen MR) is 506 cm³/mol. The first kappa shape index (κ1) is 99.0. The van der Waals surface area contributed by atoms with Gasteiger partial charge in [0.1, 0.15) is 66.2 Å². The van der Waals surface area contributed by atoms with Gasteiger partial charge in [0.05, 0.1) is 24.7 Å². The van der Waals surface area contributed by atoms with Gasteiger partial charge in [-0.05, 0) is 240 Å². The van der Waals surface area contributed by atoms with Gasteiger partial charge in [-0.3, -0.25) is 52.7 Å². The van der Waals surface area contributed by atoms with Gasteiger partial charge in [0.2, 0.25) is 65.0 Å². The van der Waals surface area contributed by atoms with Gasteiger partial charge in [-0.1, -0.05) is 180 Å². The van der Waals surface area contributed by atoms with Gasteiger partial charge in [0.25, 0.3) is 0 Å². The SMILES string of the molecule is CC(C)CCCC(C)C1CCC2C3CC=C4CC(COC(=O)NCCCCC5NC(=O)C(CC6=CNC7C=CC=CC67)NC(=O)C(Cc6ccc(O)cc6)NC(=O)C(NC(=O)C(Cc6ccc7ccccc7c6)NC(=O)C6CCCN6C(=O)C6CCCN6C(=O)C6CCCN(C)C6)CSSCC(C(=O)NC(C(N)=O)C(C)O)NC(=O)C(C(C)C)NC5=O)CCC4(C)C3CCC12C. The average Bonchev–Trinajstić information content (AvgIpc) is 1.66. The van der Waals surface area contributed by atoms with E-state index in [4.69, 9.17) is 10.5 Å². The van der Waals surface area contributed by atoms with Gasteiger partial charge in [-0.15, -0.1) is 0 Å². The fourth-order valence-corrected chi connectivity index (χ4v) is 25.4. The maximum atomic E-state index is 15.8. The number of likely N-dealkylation sites (tertiary alicyclic amines) is 3. The first-order valence-corrected chi connectivity index (χ1v) is 50.8. The zero-order valence-electron chi connectivity index (χ0n) is 77.9. The van der Waals surface area contributed by atoms with Gasteiger partial charge < -0.3 is 88.6 Å². The Morgan fingerprint density at radius 1 is 0.664 bits per heavy atom. The lowest BCUT2D eigenvalue weighted by atomic mass is 9.46. The van der Waals surface area contributed by atoms with Crippen molar-refractivity contribution in [2.45, 2.75) is 276 Å². The van der Waals surface area contributed by atoms with Crippen LogP contribution in [0.3, 0.4) is 0 Å². The molecule has 29 nitrogen and oxygen atoms in total. The lowest BCUT2D eigenvalue weighted by Gasteiger charge is -2.58. The number of amides is 12.